The minimum Gasteiger partial charge on any atom is -0.300 e. The van der Waals surface area contributed by atoms with Gasteiger partial charge in [-0.05, 0) is 54.0 Å². The summed E-state index contributed by atoms with van der Waals surface area (Å²) in [5.74, 6) is 1.52. The predicted molar refractivity (Wildman–Crippen MR) is 91.4 cm³/mol. The van der Waals surface area contributed by atoms with Gasteiger partial charge in [0.15, 0.2) is 0 Å². The summed E-state index contributed by atoms with van der Waals surface area (Å²) in [6.07, 6.45) is 10.00. The standard InChI is InChI=1S/C19H23BrO/c1-13-6-7-15(18-9-8-16(20)12-19(13)18)11-17(21)10-14-4-2-3-5-14/h6,8-9,12,14-15H,2-5,7,10-11H2,1H3. The van der Waals surface area contributed by atoms with Crippen molar-refractivity contribution >= 4 is 27.3 Å². The molecule has 21 heavy (non-hydrogen) atoms. The van der Waals surface area contributed by atoms with Crippen molar-refractivity contribution in [1.29, 1.82) is 0 Å². The molecule has 1 aromatic carbocycles. The van der Waals surface area contributed by atoms with Gasteiger partial charge in [0.2, 0.25) is 0 Å². The van der Waals surface area contributed by atoms with E-state index >= 15 is 0 Å². The molecule has 0 N–H and O–H groups in total. The summed E-state index contributed by atoms with van der Waals surface area (Å²) in [5.41, 5.74) is 4.01. The van der Waals surface area contributed by atoms with Crippen molar-refractivity contribution in [3.05, 3.63) is 39.9 Å². The predicted octanol–water partition coefficient (Wildman–Crippen LogP) is 5.88. The number of halogens is 1. The summed E-state index contributed by atoms with van der Waals surface area (Å²) in [6.45, 7) is 2.17. The molecular formula is C19H23BrO. The first-order valence-electron chi connectivity index (χ1n) is 8.12. The van der Waals surface area contributed by atoms with Gasteiger partial charge >= 0.3 is 0 Å². The van der Waals surface area contributed by atoms with Crippen LogP contribution in [0.5, 0.6) is 0 Å². The lowest BCUT2D eigenvalue weighted by atomic mass is 9.80. The minimum absolute atomic E-state index is 0.380. The third-order valence-corrected chi connectivity index (χ3v) is 5.55. The van der Waals surface area contributed by atoms with Crippen LogP contribution in [-0.4, -0.2) is 5.78 Å². The van der Waals surface area contributed by atoms with Gasteiger partial charge in [0.05, 0.1) is 0 Å². The molecule has 0 heterocycles. The zero-order chi connectivity index (χ0) is 14.8. The van der Waals surface area contributed by atoms with Crippen molar-refractivity contribution in [2.45, 2.75) is 57.8 Å². The van der Waals surface area contributed by atoms with E-state index in [1.165, 1.54) is 42.4 Å². The van der Waals surface area contributed by atoms with Gasteiger partial charge in [-0.3, -0.25) is 4.79 Å². The van der Waals surface area contributed by atoms with Gasteiger partial charge in [-0.1, -0.05) is 53.8 Å². The molecule has 0 bridgehead atoms. The zero-order valence-electron chi connectivity index (χ0n) is 12.7. The van der Waals surface area contributed by atoms with E-state index in [0.717, 1.165) is 23.7 Å². The number of ketones is 1. The molecule has 1 unspecified atom stereocenters. The number of carbonyl (C=O) groups is 1. The largest absolute Gasteiger partial charge is 0.300 e. The second-order valence-corrected chi connectivity index (χ2v) is 7.56. The maximum absolute atomic E-state index is 12.4. The van der Waals surface area contributed by atoms with E-state index in [9.17, 15) is 4.79 Å². The van der Waals surface area contributed by atoms with Gasteiger partial charge in [0.1, 0.15) is 5.78 Å². The number of benzene rings is 1. The molecule has 0 aromatic heterocycles. The first-order chi connectivity index (χ1) is 10.1. The highest BCUT2D eigenvalue weighted by Crippen LogP contribution is 2.38. The molecule has 2 aliphatic carbocycles. The molecule has 1 aromatic rings. The van der Waals surface area contributed by atoms with Crippen molar-refractivity contribution in [2.75, 3.05) is 0 Å². The highest BCUT2D eigenvalue weighted by molar-refractivity contribution is 9.10. The Morgan fingerprint density at radius 3 is 2.76 bits per heavy atom. The minimum atomic E-state index is 0.380. The highest BCUT2D eigenvalue weighted by atomic mass is 79.9. The second-order valence-electron chi connectivity index (χ2n) is 6.65. The third-order valence-electron chi connectivity index (χ3n) is 5.05. The Bertz CT molecular complexity index is 567. The second kappa shape index (κ2) is 6.48. The van der Waals surface area contributed by atoms with Crippen molar-refractivity contribution in [1.82, 2.24) is 0 Å². The van der Waals surface area contributed by atoms with Gasteiger partial charge in [-0.15, -0.1) is 0 Å². The summed E-state index contributed by atoms with van der Waals surface area (Å²) < 4.78 is 1.12. The Morgan fingerprint density at radius 2 is 2.00 bits per heavy atom. The average Bonchev–Trinajstić information content (AvgIpc) is 2.95. The van der Waals surface area contributed by atoms with Crippen LogP contribution in [0.3, 0.4) is 0 Å². The molecule has 1 atom stereocenters. The lowest BCUT2D eigenvalue weighted by molar-refractivity contribution is -0.120. The van der Waals surface area contributed by atoms with E-state index in [-0.39, 0.29) is 0 Å². The quantitative estimate of drug-likeness (QED) is 0.665. The number of carbonyl (C=O) groups excluding carboxylic acids is 1. The summed E-state index contributed by atoms with van der Waals surface area (Å²) in [7, 11) is 0. The third kappa shape index (κ3) is 3.48. The fourth-order valence-electron chi connectivity index (χ4n) is 3.87. The Hall–Kier alpha value is -0.890. The number of rotatable bonds is 4. The van der Waals surface area contributed by atoms with E-state index < -0.39 is 0 Å². The highest BCUT2D eigenvalue weighted by Gasteiger charge is 2.24. The lowest BCUT2D eigenvalue weighted by Gasteiger charge is -2.24. The summed E-state index contributed by atoms with van der Waals surface area (Å²) in [5, 5.41) is 0. The van der Waals surface area contributed by atoms with E-state index in [1.807, 2.05) is 0 Å². The van der Waals surface area contributed by atoms with Crippen LogP contribution in [0.1, 0.15) is 68.9 Å². The Morgan fingerprint density at radius 1 is 1.24 bits per heavy atom. The van der Waals surface area contributed by atoms with Crippen LogP contribution >= 0.6 is 15.9 Å². The molecule has 0 aliphatic heterocycles. The van der Waals surface area contributed by atoms with E-state index in [0.29, 0.717) is 17.6 Å². The molecule has 0 amide bonds. The maximum Gasteiger partial charge on any atom is 0.133 e. The summed E-state index contributed by atoms with van der Waals surface area (Å²) in [4.78, 5) is 12.4. The van der Waals surface area contributed by atoms with Crippen molar-refractivity contribution in [2.24, 2.45) is 5.92 Å². The molecule has 1 fully saturated rings. The molecule has 3 rings (SSSR count). The number of Topliss-reactive ketones (excluding diaryl/α,β-unsaturated/α-hetero) is 1. The van der Waals surface area contributed by atoms with Crippen molar-refractivity contribution in [3.8, 4) is 0 Å². The monoisotopic (exact) mass is 346 g/mol. The zero-order valence-corrected chi connectivity index (χ0v) is 14.3. The molecule has 1 nitrogen and oxygen atoms in total. The molecule has 0 spiro atoms. The molecule has 112 valence electrons. The Labute approximate surface area is 136 Å². The fraction of sp³-hybridized carbons (Fsp3) is 0.526. The van der Waals surface area contributed by atoms with Gasteiger partial charge in [-0.2, -0.15) is 0 Å². The number of fused-ring (bicyclic) bond motifs is 1. The van der Waals surface area contributed by atoms with Crippen molar-refractivity contribution in [3.63, 3.8) is 0 Å². The average molecular weight is 347 g/mol. The van der Waals surface area contributed by atoms with E-state index in [4.69, 9.17) is 0 Å². The Kier molecular flexibility index (Phi) is 4.63. The smallest absolute Gasteiger partial charge is 0.133 e. The van der Waals surface area contributed by atoms with Gasteiger partial charge < -0.3 is 0 Å². The normalized spacial score (nSPS) is 22.0. The van der Waals surface area contributed by atoms with Crippen molar-refractivity contribution < 1.29 is 4.79 Å². The molecular weight excluding hydrogens is 324 g/mol. The first kappa shape index (κ1) is 15.0. The summed E-state index contributed by atoms with van der Waals surface area (Å²) >= 11 is 3.55. The maximum atomic E-state index is 12.4. The van der Waals surface area contributed by atoms with Crippen LogP contribution in [-0.2, 0) is 4.79 Å². The summed E-state index contributed by atoms with van der Waals surface area (Å²) in [6, 6.07) is 6.49. The molecule has 2 aliphatic rings. The number of hydrogen-bond donors (Lipinski definition) is 0. The number of allylic oxidation sites excluding steroid dienone is 2. The molecule has 1 saturated carbocycles. The van der Waals surface area contributed by atoms with Crippen LogP contribution in [0.4, 0.5) is 0 Å². The number of hydrogen-bond acceptors (Lipinski definition) is 1. The van der Waals surface area contributed by atoms with Gasteiger partial charge in [-0.25, -0.2) is 0 Å². The van der Waals surface area contributed by atoms with Crippen LogP contribution in [0, 0.1) is 5.92 Å². The van der Waals surface area contributed by atoms with Gasteiger partial charge in [0, 0.05) is 17.3 Å². The fourth-order valence-corrected chi connectivity index (χ4v) is 4.23. The van der Waals surface area contributed by atoms with Gasteiger partial charge in [0.25, 0.3) is 0 Å². The molecule has 0 radical (unpaired) electrons. The van der Waals surface area contributed by atoms with Crippen LogP contribution in [0.2, 0.25) is 0 Å². The Balaban J connectivity index is 1.71. The SMILES string of the molecule is CC1=CCC(CC(=O)CC2CCCC2)c2ccc(Br)cc21. The molecule has 0 saturated heterocycles. The van der Waals surface area contributed by atoms with E-state index in [2.05, 4.69) is 47.1 Å². The van der Waals surface area contributed by atoms with Crippen LogP contribution < -0.4 is 0 Å². The molecule has 2 heteroatoms. The van der Waals surface area contributed by atoms with Crippen LogP contribution in [0.25, 0.3) is 5.57 Å². The first-order valence-corrected chi connectivity index (χ1v) is 8.91. The van der Waals surface area contributed by atoms with Crippen LogP contribution in [0.15, 0.2) is 28.7 Å². The topological polar surface area (TPSA) is 17.1 Å². The van der Waals surface area contributed by atoms with E-state index in [1.54, 1.807) is 0 Å². The lowest BCUT2D eigenvalue weighted by Crippen LogP contribution is -2.13.